The van der Waals surface area contributed by atoms with Gasteiger partial charge in [-0.15, -0.1) is 0 Å². The number of halogens is 1. The molecular weight excluding hydrogens is 654 g/mol. The van der Waals surface area contributed by atoms with Crippen LogP contribution in [-0.4, -0.2) is 93.0 Å². The number of carbonyl (C=O) groups is 4. The zero-order valence-electron chi connectivity index (χ0n) is 28.9. The maximum Gasteiger partial charge on any atom is 0.275 e. The van der Waals surface area contributed by atoms with E-state index in [0.717, 1.165) is 5.56 Å². The number of nitrogens with one attached hydrogen (secondary N) is 3. The van der Waals surface area contributed by atoms with Gasteiger partial charge in [0.15, 0.2) is 23.0 Å². The van der Waals surface area contributed by atoms with Crippen molar-refractivity contribution >= 4 is 35.2 Å². The Balaban J connectivity index is 1.60. The minimum Gasteiger partial charge on any atom is -0.493 e. The average molecular weight is 700 g/mol. The highest BCUT2D eigenvalue weighted by atomic mass is 35.5. The molecule has 0 saturated heterocycles. The molecule has 0 bridgehead atoms. The predicted molar refractivity (Wildman–Crippen MR) is 181 cm³/mol. The molecule has 0 radical (unpaired) electrons. The van der Waals surface area contributed by atoms with Gasteiger partial charge in [-0.1, -0.05) is 37.9 Å². The first kappa shape index (κ1) is 37.2. The van der Waals surface area contributed by atoms with Crippen LogP contribution in [0.4, 0.5) is 0 Å². The average Bonchev–Trinajstić information content (AvgIpc) is 3.63. The van der Waals surface area contributed by atoms with Crippen molar-refractivity contribution in [2.24, 2.45) is 13.0 Å². The number of amides is 4. The van der Waals surface area contributed by atoms with Crippen LogP contribution in [0.1, 0.15) is 80.2 Å². The van der Waals surface area contributed by atoms with E-state index in [9.17, 15) is 19.2 Å². The smallest absolute Gasteiger partial charge is 0.275 e. The number of ether oxygens (including phenoxy) is 2. The van der Waals surface area contributed by atoms with Crippen LogP contribution in [-0.2, 0) is 34.4 Å². The molecule has 0 unspecified atom stereocenters. The molecule has 3 aromatic rings. The number of aromatic nitrogens is 5. The van der Waals surface area contributed by atoms with Gasteiger partial charge in [0.1, 0.15) is 18.4 Å². The zero-order valence-corrected chi connectivity index (χ0v) is 29.7. The van der Waals surface area contributed by atoms with Gasteiger partial charge in [-0.2, -0.15) is 10.2 Å². The molecule has 0 spiro atoms. The van der Waals surface area contributed by atoms with Crippen LogP contribution >= 0.6 is 11.6 Å². The summed E-state index contributed by atoms with van der Waals surface area (Å²) in [5, 5.41) is 17.8. The quantitative estimate of drug-likeness (QED) is 0.335. The van der Waals surface area contributed by atoms with Crippen LogP contribution < -0.4 is 25.4 Å². The van der Waals surface area contributed by atoms with Crippen LogP contribution in [0.3, 0.4) is 0 Å². The molecule has 1 aliphatic heterocycles. The molecule has 15 nitrogen and oxygen atoms in total. The van der Waals surface area contributed by atoms with Crippen molar-refractivity contribution in [3.63, 3.8) is 0 Å². The number of aryl methyl sites for hydroxylation is 1. The number of nitrogens with zero attached hydrogens (tertiary/aromatic N) is 6. The number of benzene rings is 1. The first-order valence-corrected chi connectivity index (χ1v) is 16.8. The number of carbonyl (C=O) groups excluding carboxylic acids is 4. The second-order valence-electron chi connectivity index (χ2n) is 12.2. The van der Waals surface area contributed by atoms with Gasteiger partial charge in [0.2, 0.25) is 17.7 Å². The molecule has 0 saturated carbocycles. The lowest BCUT2D eigenvalue weighted by Gasteiger charge is -2.26. The van der Waals surface area contributed by atoms with Crippen LogP contribution in [0.25, 0.3) is 0 Å². The van der Waals surface area contributed by atoms with E-state index in [1.807, 2.05) is 26.0 Å². The van der Waals surface area contributed by atoms with Crippen LogP contribution in [0.15, 0.2) is 24.4 Å². The van der Waals surface area contributed by atoms with Gasteiger partial charge < -0.3 is 30.3 Å². The minimum atomic E-state index is -0.810. The molecule has 4 rings (SSSR count). The molecule has 3 atom stereocenters. The highest BCUT2D eigenvalue weighted by molar-refractivity contribution is 6.33. The highest BCUT2D eigenvalue weighted by Crippen LogP contribution is 2.28. The van der Waals surface area contributed by atoms with E-state index in [2.05, 4.69) is 26.1 Å². The Labute approximate surface area is 291 Å². The molecule has 1 aromatic carbocycles. The molecule has 2 aromatic heterocycles. The van der Waals surface area contributed by atoms with E-state index in [1.54, 1.807) is 45.4 Å². The highest BCUT2D eigenvalue weighted by Gasteiger charge is 2.29. The second kappa shape index (κ2) is 17.1. The van der Waals surface area contributed by atoms with Crippen molar-refractivity contribution in [3.05, 3.63) is 52.3 Å². The van der Waals surface area contributed by atoms with Gasteiger partial charge in [0.25, 0.3) is 5.91 Å². The van der Waals surface area contributed by atoms with Crippen molar-refractivity contribution in [3.8, 4) is 11.5 Å². The predicted octanol–water partition coefficient (Wildman–Crippen LogP) is 2.42. The second-order valence-corrected chi connectivity index (χ2v) is 12.6. The van der Waals surface area contributed by atoms with Gasteiger partial charge in [-0.05, 0) is 43.4 Å². The van der Waals surface area contributed by atoms with Gasteiger partial charge >= 0.3 is 0 Å². The van der Waals surface area contributed by atoms with Crippen LogP contribution in [0.5, 0.6) is 11.5 Å². The lowest BCUT2D eigenvalue weighted by molar-refractivity contribution is -0.130. The van der Waals surface area contributed by atoms with Crippen LogP contribution in [0, 0.1) is 5.92 Å². The summed E-state index contributed by atoms with van der Waals surface area (Å²) in [6.07, 6.45) is 3.42. The number of fused-ring (bicyclic) bond motifs is 1. The molecule has 0 fully saturated rings. The Morgan fingerprint density at radius 2 is 1.80 bits per heavy atom. The number of methoxy groups -OCH3 is 2. The lowest BCUT2D eigenvalue weighted by Crippen LogP contribution is -2.51. The van der Waals surface area contributed by atoms with E-state index < -0.39 is 12.1 Å². The summed E-state index contributed by atoms with van der Waals surface area (Å²) in [6.45, 7) is 6.30. The van der Waals surface area contributed by atoms with Gasteiger partial charge in [0, 0.05) is 45.7 Å². The van der Waals surface area contributed by atoms with Gasteiger partial charge in [-0.25, -0.2) is 9.67 Å². The first-order valence-electron chi connectivity index (χ1n) is 16.4. The van der Waals surface area contributed by atoms with E-state index in [0.29, 0.717) is 55.4 Å². The van der Waals surface area contributed by atoms with E-state index in [1.165, 1.54) is 9.36 Å². The van der Waals surface area contributed by atoms with Crippen molar-refractivity contribution in [2.75, 3.05) is 33.9 Å². The van der Waals surface area contributed by atoms with Crippen molar-refractivity contribution in [2.45, 2.75) is 71.5 Å². The Morgan fingerprint density at radius 3 is 2.47 bits per heavy atom. The Morgan fingerprint density at radius 1 is 1.06 bits per heavy atom. The maximum atomic E-state index is 13.6. The fourth-order valence-electron chi connectivity index (χ4n) is 5.59. The molecule has 3 heterocycles. The third-order valence-corrected chi connectivity index (χ3v) is 8.72. The van der Waals surface area contributed by atoms with Crippen molar-refractivity contribution < 1.29 is 28.7 Å². The van der Waals surface area contributed by atoms with E-state index in [4.69, 9.17) is 26.1 Å². The summed E-state index contributed by atoms with van der Waals surface area (Å²) in [5.41, 5.74) is 0.976. The fourth-order valence-corrected chi connectivity index (χ4v) is 5.85. The Kier molecular flexibility index (Phi) is 13.0. The van der Waals surface area contributed by atoms with E-state index in [-0.39, 0.29) is 66.3 Å². The third kappa shape index (κ3) is 9.71. The molecular formula is C33H46ClN9O6. The SMILES string of the molecule is CC[C@H](C)[C@@H]1NC(=O)CCCN(C(=O)c2nn(C)cc2Cl)CCCNC(=O)Cn2nc(Cc3ccc(OC)c(OC)c3)nc2[C@@H](C)NC1=O. The minimum absolute atomic E-state index is 0.0973. The summed E-state index contributed by atoms with van der Waals surface area (Å²) >= 11 is 6.27. The standard InChI is InChI=1S/C33H46ClN9O6/c1-7-20(2)29-32(46)36-21(3)31-37-26(17-22-11-12-24(48-5)25(16-22)49-6)39-43(31)19-28(45)35-13-9-15-42(14-8-10-27(44)38-29)33(47)30-23(34)18-41(4)40-30/h11-12,16,18,20-21,29H,7-10,13-15,17,19H2,1-6H3,(H,35,45)(H,36,46)(H,38,44)/t20-,21+,29-/m0/s1. The zero-order chi connectivity index (χ0) is 35.7. The molecule has 266 valence electrons. The van der Waals surface area contributed by atoms with Crippen molar-refractivity contribution in [1.82, 2.24) is 45.4 Å². The monoisotopic (exact) mass is 699 g/mol. The lowest BCUT2D eigenvalue weighted by atomic mass is 9.97. The van der Waals surface area contributed by atoms with Gasteiger partial charge in [0.05, 0.1) is 25.3 Å². The third-order valence-electron chi connectivity index (χ3n) is 8.44. The number of hydrogen-bond acceptors (Lipinski definition) is 9. The summed E-state index contributed by atoms with van der Waals surface area (Å²) in [4.78, 5) is 59.6. The molecule has 3 N–H and O–H groups in total. The number of hydrogen-bond donors (Lipinski definition) is 3. The largest absolute Gasteiger partial charge is 0.493 e. The topological polar surface area (TPSA) is 175 Å². The summed E-state index contributed by atoms with van der Waals surface area (Å²) < 4.78 is 13.7. The van der Waals surface area contributed by atoms with E-state index >= 15 is 0 Å². The maximum absolute atomic E-state index is 13.6. The molecule has 0 aliphatic carbocycles. The molecule has 1 aliphatic rings. The number of rotatable bonds is 7. The Hall–Kier alpha value is -4.66. The first-order chi connectivity index (χ1) is 23.4. The van der Waals surface area contributed by atoms with Gasteiger partial charge in [-0.3, -0.25) is 23.9 Å². The van der Waals surface area contributed by atoms with Crippen LogP contribution in [0.2, 0.25) is 5.02 Å². The van der Waals surface area contributed by atoms with Crippen molar-refractivity contribution in [1.29, 1.82) is 0 Å². The molecule has 16 heteroatoms. The fraction of sp³-hybridized carbons (Fsp3) is 0.545. The summed E-state index contributed by atoms with van der Waals surface area (Å²) in [7, 11) is 4.79. The summed E-state index contributed by atoms with van der Waals surface area (Å²) in [5.74, 6) is 0.453. The molecule has 49 heavy (non-hydrogen) atoms. The Bertz CT molecular complexity index is 1640. The molecule has 4 amide bonds. The summed E-state index contributed by atoms with van der Waals surface area (Å²) in [6, 6.07) is 4.06. The normalized spacial score (nSPS) is 19.1.